The number of nitrogens with one attached hydrogen (secondary N) is 1. The highest BCUT2D eigenvalue weighted by Crippen LogP contribution is 2.13. The molecule has 1 aliphatic heterocycles. The van der Waals surface area contributed by atoms with Crippen LogP contribution in [-0.2, 0) is 4.79 Å². The average Bonchev–Trinajstić information content (AvgIpc) is 2.34. The van der Waals surface area contributed by atoms with Gasteiger partial charge in [0.05, 0.1) is 18.7 Å². The molecule has 0 saturated carbocycles. The van der Waals surface area contributed by atoms with E-state index in [-0.39, 0.29) is 12.6 Å². The Kier molecular flexibility index (Phi) is 11.7. The second-order valence-corrected chi connectivity index (χ2v) is 3.09. The maximum absolute atomic E-state index is 10.4. The molecule has 6 heteroatoms. The van der Waals surface area contributed by atoms with E-state index in [2.05, 4.69) is 0 Å². The van der Waals surface area contributed by atoms with Crippen LogP contribution in [0.5, 0.6) is 0 Å². The number of hydrogen-bond acceptors (Lipinski definition) is 5. The van der Waals surface area contributed by atoms with Crippen LogP contribution in [0.4, 0.5) is 0 Å². The number of carboxylic acids is 1. The number of carbonyl (C=O) groups is 1. The number of rotatable bonds is 2. The molecule has 1 atom stereocenters. The van der Waals surface area contributed by atoms with E-state index in [0.717, 1.165) is 7.11 Å². The molecule has 1 rings (SSSR count). The first-order valence-corrected chi connectivity index (χ1v) is 5.50. The number of aliphatic carboxylic acids is 1. The molecule has 17 heavy (non-hydrogen) atoms. The Bertz CT molecular complexity index is 272. The number of piperidine rings is 1. The van der Waals surface area contributed by atoms with Crippen LogP contribution in [0.1, 0.15) is 26.7 Å². The molecule has 0 radical (unpaired) electrons. The van der Waals surface area contributed by atoms with Gasteiger partial charge in [-0.3, -0.25) is 9.69 Å². The van der Waals surface area contributed by atoms with Gasteiger partial charge in [-0.05, 0) is 12.8 Å². The number of likely N-dealkylation sites (tertiary alicyclic amines) is 1. The third kappa shape index (κ3) is 7.44. The van der Waals surface area contributed by atoms with Gasteiger partial charge in [0, 0.05) is 19.4 Å². The predicted octanol–water partition coefficient (Wildman–Crippen LogP) is 0.713. The lowest BCUT2D eigenvalue weighted by Crippen LogP contribution is -2.45. The highest BCUT2D eigenvalue weighted by Gasteiger charge is 2.26. The Morgan fingerprint density at radius 3 is 2.53 bits per heavy atom. The van der Waals surface area contributed by atoms with E-state index in [0.29, 0.717) is 25.1 Å². The number of carboxylic acid groups (broad SMARTS) is 1. The minimum atomic E-state index is -0.949. The lowest BCUT2D eigenvalue weighted by atomic mass is 10.0. The first-order valence-electron chi connectivity index (χ1n) is 5.50. The van der Waals surface area contributed by atoms with E-state index in [1.165, 1.54) is 4.90 Å². The van der Waals surface area contributed by atoms with E-state index in [1.54, 1.807) is 0 Å². The molecule has 1 fully saturated rings. The van der Waals surface area contributed by atoms with Crippen LogP contribution in [0, 0.1) is 16.7 Å². The minimum Gasteiger partial charge on any atom is -0.480 e. The van der Waals surface area contributed by atoms with Gasteiger partial charge in [0.25, 0.3) is 0 Å². The Labute approximate surface area is 102 Å². The van der Waals surface area contributed by atoms with Crippen molar-refractivity contribution in [3.05, 3.63) is 0 Å². The van der Waals surface area contributed by atoms with Crippen molar-refractivity contribution in [2.75, 3.05) is 20.2 Å². The maximum Gasteiger partial charge on any atom is 0.317 e. The zero-order valence-corrected chi connectivity index (χ0v) is 10.6. The fourth-order valence-electron chi connectivity index (χ4n) is 1.41. The second-order valence-electron chi connectivity index (χ2n) is 3.09. The van der Waals surface area contributed by atoms with Gasteiger partial charge < -0.3 is 15.6 Å². The molecule has 0 aromatic carbocycles. The van der Waals surface area contributed by atoms with Crippen molar-refractivity contribution < 1.29 is 15.0 Å². The Hall–Kier alpha value is -1.45. The number of nitrogens with zero attached hydrogens (tertiary/aromatic N) is 2. The molecular weight excluding hydrogens is 222 g/mol. The molecule has 0 bridgehead atoms. The summed E-state index contributed by atoms with van der Waals surface area (Å²) in [6.07, 6.45) is 1.18. The molecule has 0 aromatic rings. The first kappa shape index (κ1) is 17.9. The van der Waals surface area contributed by atoms with Gasteiger partial charge in [-0.1, -0.05) is 13.8 Å². The van der Waals surface area contributed by atoms with E-state index in [9.17, 15) is 4.79 Å². The van der Waals surface area contributed by atoms with E-state index >= 15 is 0 Å². The quantitative estimate of drug-likeness (QED) is 0.662. The van der Waals surface area contributed by atoms with Crippen molar-refractivity contribution in [2.45, 2.75) is 32.7 Å². The summed E-state index contributed by atoms with van der Waals surface area (Å²) in [5.41, 5.74) is 0.507. The van der Waals surface area contributed by atoms with Gasteiger partial charge in [0.2, 0.25) is 0 Å². The van der Waals surface area contributed by atoms with Crippen molar-refractivity contribution in [3.63, 3.8) is 0 Å². The summed E-state index contributed by atoms with van der Waals surface area (Å²) in [7, 11) is 1.00. The molecule has 0 aromatic heterocycles. The van der Waals surface area contributed by atoms with Crippen molar-refractivity contribution in [2.24, 2.45) is 0 Å². The van der Waals surface area contributed by atoms with Crippen molar-refractivity contribution in [1.82, 2.24) is 4.90 Å². The normalized spacial score (nSPS) is 19.0. The summed E-state index contributed by atoms with van der Waals surface area (Å²) in [6.45, 7) is 4.16. The molecule has 0 amide bonds. The fraction of sp³-hybridized carbons (Fsp3) is 0.727. The van der Waals surface area contributed by atoms with E-state index in [1.807, 2.05) is 19.9 Å². The Morgan fingerprint density at radius 2 is 2.12 bits per heavy atom. The van der Waals surface area contributed by atoms with Gasteiger partial charge in [-0.15, -0.1) is 0 Å². The molecule has 1 saturated heterocycles. The summed E-state index contributed by atoms with van der Waals surface area (Å²) in [4.78, 5) is 11.9. The van der Waals surface area contributed by atoms with Crippen molar-refractivity contribution in [1.29, 1.82) is 10.7 Å². The fourth-order valence-corrected chi connectivity index (χ4v) is 1.41. The first-order chi connectivity index (χ1) is 8.13. The van der Waals surface area contributed by atoms with Gasteiger partial charge in [-0.2, -0.15) is 5.26 Å². The van der Waals surface area contributed by atoms with Crippen molar-refractivity contribution in [3.8, 4) is 6.07 Å². The van der Waals surface area contributed by atoms with Gasteiger partial charge in [-0.25, -0.2) is 0 Å². The highest BCUT2D eigenvalue weighted by atomic mass is 16.4. The molecule has 0 spiro atoms. The molecule has 6 nitrogen and oxygen atoms in total. The van der Waals surface area contributed by atoms with Gasteiger partial charge in [0.15, 0.2) is 0 Å². The minimum absolute atomic E-state index is 0.152. The monoisotopic (exact) mass is 243 g/mol. The SMILES string of the molecule is CC.CO.N#CC1CCC(=N)CN1CC(=O)O. The lowest BCUT2D eigenvalue weighted by Gasteiger charge is -2.29. The zero-order chi connectivity index (χ0) is 13.8. The Balaban J connectivity index is 0. The third-order valence-electron chi connectivity index (χ3n) is 2.04. The van der Waals surface area contributed by atoms with Crippen LogP contribution in [-0.4, -0.2) is 53.0 Å². The molecule has 98 valence electrons. The van der Waals surface area contributed by atoms with E-state index in [4.69, 9.17) is 20.9 Å². The third-order valence-corrected chi connectivity index (χ3v) is 2.04. The highest BCUT2D eigenvalue weighted by molar-refractivity contribution is 5.84. The smallest absolute Gasteiger partial charge is 0.317 e. The number of aliphatic hydroxyl groups excluding tert-OH is 1. The Morgan fingerprint density at radius 1 is 1.59 bits per heavy atom. The topological polar surface area (TPSA) is 108 Å². The van der Waals surface area contributed by atoms with Crippen LogP contribution in [0.2, 0.25) is 0 Å². The standard InChI is InChI=1S/C8H11N3O2.C2H6.CH4O/c9-3-7-2-1-6(10)4-11(7)5-8(12)13;2*1-2/h7,10H,1-2,4-5H2,(H,12,13);1-2H3;2H,1H3. The summed E-state index contributed by atoms with van der Waals surface area (Å²) in [5.74, 6) is -0.949. The molecule has 0 aliphatic carbocycles. The lowest BCUT2D eigenvalue weighted by molar-refractivity contribution is -0.138. The molecule has 3 N–H and O–H groups in total. The largest absolute Gasteiger partial charge is 0.480 e. The second kappa shape index (κ2) is 11.0. The molecule has 1 aliphatic rings. The molecule has 1 heterocycles. The summed E-state index contributed by atoms with van der Waals surface area (Å²) >= 11 is 0. The van der Waals surface area contributed by atoms with Crippen LogP contribution >= 0.6 is 0 Å². The van der Waals surface area contributed by atoms with Gasteiger partial charge in [0.1, 0.15) is 0 Å². The van der Waals surface area contributed by atoms with Crippen LogP contribution in [0.3, 0.4) is 0 Å². The van der Waals surface area contributed by atoms with Crippen LogP contribution < -0.4 is 0 Å². The molecule has 1 unspecified atom stereocenters. The number of nitriles is 1. The van der Waals surface area contributed by atoms with E-state index < -0.39 is 5.97 Å². The predicted molar refractivity (Wildman–Crippen MR) is 65.1 cm³/mol. The number of hydrogen-bond donors (Lipinski definition) is 3. The van der Waals surface area contributed by atoms with Gasteiger partial charge >= 0.3 is 5.97 Å². The summed E-state index contributed by atoms with van der Waals surface area (Å²) < 4.78 is 0. The summed E-state index contributed by atoms with van der Waals surface area (Å²) in [5, 5.41) is 31.6. The number of aliphatic hydroxyl groups is 1. The van der Waals surface area contributed by atoms with Crippen LogP contribution in [0.25, 0.3) is 0 Å². The van der Waals surface area contributed by atoms with Crippen molar-refractivity contribution >= 4 is 11.7 Å². The average molecular weight is 243 g/mol. The summed E-state index contributed by atoms with van der Waals surface area (Å²) in [6, 6.07) is 1.70. The maximum atomic E-state index is 10.4. The zero-order valence-electron chi connectivity index (χ0n) is 10.6. The molecular formula is C11H21N3O3. The van der Waals surface area contributed by atoms with Crippen LogP contribution in [0.15, 0.2) is 0 Å².